The number of hydrogen-bond acceptors (Lipinski definition) is 3. The Bertz CT molecular complexity index is 350. The van der Waals surface area contributed by atoms with Crippen LogP contribution in [0.4, 0.5) is 4.79 Å². The van der Waals surface area contributed by atoms with E-state index in [0.717, 1.165) is 25.2 Å². The molecular formula is C10H16N4OS. The summed E-state index contributed by atoms with van der Waals surface area (Å²) in [5.41, 5.74) is 0. The summed E-state index contributed by atoms with van der Waals surface area (Å²) in [6, 6.07) is -0.278. The van der Waals surface area contributed by atoms with Gasteiger partial charge in [-0.3, -0.25) is 4.72 Å². The van der Waals surface area contributed by atoms with Crippen molar-refractivity contribution in [2.45, 2.75) is 19.4 Å². The maximum absolute atomic E-state index is 10.8. The summed E-state index contributed by atoms with van der Waals surface area (Å²) in [5, 5.41) is 2.67. The Morgan fingerprint density at radius 2 is 2.50 bits per heavy atom. The van der Waals surface area contributed by atoms with Crippen molar-refractivity contribution >= 4 is 18.8 Å². The molecular weight excluding hydrogens is 224 g/mol. The number of nitrogens with one attached hydrogen (secondary N) is 2. The minimum Gasteiger partial charge on any atom is -0.337 e. The third kappa shape index (κ3) is 3.98. The number of aromatic nitrogens is 2. The summed E-state index contributed by atoms with van der Waals surface area (Å²) in [6.45, 7) is 5.12. The number of nitrogens with zero attached hydrogens (tertiary/aromatic N) is 2. The van der Waals surface area contributed by atoms with Crippen molar-refractivity contribution < 1.29 is 4.79 Å². The number of imidazole rings is 1. The molecule has 0 saturated carbocycles. The maximum Gasteiger partial charge on any atom is 0.324 e. The first-order valence-corrected chi connectivity index (χ1v) is 5.51. The fourth-order valence-corrected chi connectivity index (χ4v) is 1.43. The van der Waals surface area contributed by atoms with Gasteiger partial charge in [0, 0.05) is 31.9 Å². The van der Waals surface area contributed by atoms with Crippen LogP contribution in [0.2, 0.25) is 0 Å². The SMILES string of the molecule is C=CCc1nccn1CCCNC(=O)NS. The molecule has 0 spiro atoms. The molecule has 0 aromatic carbocycles. The third-order valence-corrected chi connectivity index (χ3v) is 2.29. The van der Waals surface area contributed by atoms with Gasteiger partial charge in [0.15, 0.2) is 0 Å². The van der Waals surface area contributed by atoms with Crippen LogP contribution in [0.15, 0.2) is 25.0 Å². The first-order chi connectivity index (χ1) is 7.77. The van der Waals surface area contributed by atoms with Crippen LogP contribution in [-0.2, 0) is 13.0 Å². The zero-order chi connectivity index (χ0) is 11.8. The fourth-order valence-electron chi connectivity index (χ4n) is 1.35. The zero-order valence-corrected chi connectivity index (χ0v) is 9.91. The van der Waals surface area contributed by atoms with Crippen LogP contribution in [0.3, 0.4) is 0 Å². The molecule has 6 heteroatoms. The lowest BCUT2D eigenvalue weighted by Gasteiger charge is -2.07. The molecule has 16 heavy (non-hydrogen) atoms. The second kappa shape index (κ2) is 6.95. The smallest absolute Gasteiger partial charge is 0.324 e. The first kappa shape index (κ1) is 12.6. The van der Waals surface area contributed by atoms with Crippen molar-refractivity contribution in [1.29, 1.82) is 0 Å². The lowest BCUT2D eigenvalue weighted by Crippen LogP contribution is -2.31. The first-order valence-electron chi connectivity index (χ1n) is 5.06. The Balaban J connectivity index is 2.28. The number of aryl methyl sites for hydroxylation is 1. The lowest BCUT2D eigenvalue weighted by atomic mass is 10.3. The van der Waals surface area contributed by atoms with E-state index in [2.05, 4.69) is 39.0 Å². The van der Waals surface area contributed by atoms with Crippen LogP contribution in [-0.4, -0.2) is 22.1 Å². The number of carbonyl (C=O) groups excluding carboxylic acids is 1. The predicted octanol–water partition coefficient (Wildman–Crippen LogP) is 1.15. The van der Waals surface area contributed by atoms with Gasteiger partial charge in [0.25, 0.3) is 0 Å². The average molecular weight is 240 g/mol. The number of carbonyl (C=O) groups is 1. The van der Waals surface area contributed by atoms with Gasteiger partial charge in [-0.15, -0.1) is 6.58 Å². The predicted molar refractivity (Wildman–Crippen MR) is 66.3 cm³/mol. The Morgan fingerprint density at radius 3 is 3.19 bits per heavy atom. The summed E-state index contributed by atoms with van der Waals surface area (Å²) in [7, 11) is 0. The summed E-state index contributed by atoms with van der Waals surface area (Å²) in [5.74, 6) is 0.994. The quantitative estimate of drug-likeness (QED) is 0.397. The van der Waals surface area contributed by atoms with Gasteiger partial charge >= 0.3 is 6.03 Å². The molecule has 88 valence electrons. The molecule has 2 N–H and O–H groups in total. The van der Waals surface area contributed by atoms with E-state index in [-0.39, 0.29) is 6.03 Å². The molecule has 1 rings (SSSR count). The Kier molecular flexibility index (Phi) is 5.49. The number of thiol groups is 1. The van der Waals surface area contributed by atoms with E-state index in [1.165, 1.54) is 0 Å². The van der Waals surface area contributed by atoms with Gasteiger partial charge in [0.1, 0.15) is 5.82 Å². The van der Waals surface area contributed by atoms with Crippen molar-refractivity contribution in [3.63, 3.8) is 0 Å². The molecule has 0 aliphatic heterocycles. The molecule has 0 radical (unpaired) electrons. The highest BCUT2D eigenvalue weighted by atomic mass is 32.1. The minimum atomic E-state index is -0.278. The zero-order valence-electron chi connectivity index (χ0n) is 9.02. The molecule has 0 unspecified atom stereocenters. The van der Waals surface area contributed by atoms with Crippen molar-refractivity contribution in [2.75, 3.05) is 6.54 Å². The molecule has 1 aromatic rings. The van der Waals surface area contributed by atoms with E-state index in [1.807, 2.05) is 12.3 Å². The normalized spacial score (nSPS) is 9.81. The summed E-state index contributed by atoms with van der Waals surface area (Å²) in [4.78, 5) is 15.0. The van der Waals surface area contributed by atoms with Crippen LogP contribution in [0.25, 0.3) is 0 Å². The van der Waals surface area contributed by atoms with Crippen molar-refractivity contribution in [2.24, 2.45) is 0 Å². The summed E-state index contributed by atoms with van der Waals surface area (Å²) < 4.78 is 4.26. The standard InChI is InChI=1S/C10H16N4OS/c1-2-4-9-11-6-8-14(9)7-3-5-12-10(15)13-16/h2,6,8,16H,1,3-5,7H2,(H2,12,13,15). The Morgan fingerprint density at radius 1 is 1.69 bits per heavy atom. The second-order valence-electron chi connectivity index (χ2n) is 3.25. The monoisotopic (exact) mass is 240 g/mol. The van der Waals surface area contributed by atoms with Gasteiger partial charge in [-0.2, -0.15) is 0 Å². The molecule has 0 atom stereocenters. The van der Waals surface area contributed by atoms with Gasteiger partial charge in [-0.1, -0.05) is 18.9 Å². The van der Waals surface area contributed by atoms with E-state index in [4.69, 9.17) is 0 Å². The Hall–Kier alpha value is -1.43. The highest BCUT2D eigenvalue weighted by molar-refractivity contribution is 7.78. The molecule has 0 aliphatic carbocycles. The molecule has 1 heterocycles. The fraction of sp³-hybridized carbons (Fsp3) is 0.400. The number of amides is 2. The number of hydrogen-bond donors (Lipinski definition) is 3. The van der Waals surface area contributed by atoms with Gasteiger partial charge in [-0.25, -0.2) is 9.78 Å². The number of rotatable bonds is 6. The minimum absolute atomic E-state index is 0.278. The van der Waals surface area contributed by atoms with Gasteiger partial charge in [0.05, 0.1) is 0 Å². The van der Waals surface area contributed by atoms with Crippen LogP contribution in [0.1, 0.15) is 12.2 Å². The van der Waals surface area contributed by atoms with E-state index < -0.39 is 0 Å². The van der Waals surface area contributed by atoms with E-state index >= 15 is 0 Å². The molecule has 0 saturated heterocycles. The maximum atomic E-state index is 10.8. The van der Waals surface area contributed by atoms with Crippen LogP contribution in [0.5, 0.6) is 0 Å². The van der Waals surface area contributed by atoms with E-state index in [9.17, 15) is 4.79 Å². The van der Waals surface area contributed by atoms with Crippen molar-refractivity contribution in [3.05, 3.63) is 30.9 Å². The third-order valence-electron chi connectivity index (χ3n) is 2.09. The summed E-state index contributed by atoms with van der Waals surface area (Å²) >= 11 is 3.63. The van der Waals surface area contributed by atoms with E-state index in [1.54, 1.807) is 6.20 Å². The number of allylic oxidation sites excluding steroid dienone is 1. The van der Waals surface area contributed by atoms with Crippen molar-refractivity contribution in [3.8, 4) is 0 Å². The molecule has 0 aliphatic rings. The molecule has 5 nitrogen and oxygen atoms in total. The largest absolute Gasteiger partial charge is 0.337 e. The van der Waals surface area contributed by atoms with Gasteiger partial charge < -0.3 is 9.88 Å². The average Bonchev–Trinajstić information content (AvgIpc) is 2.72. The van der Waals surface area contributed by atoms with Gasteiger partial charge in [-0.05, 0) is 6.42 Å². The summed E-state index contributed by atoms with van der Waals surface area (Å²) in [6.07, 6.45) is 7.13. The molecule has 0 bridgehead atoms. The van der Waals surface area contributed by atoms with Crippen LogP contribution >= 0.6 is 12.8 Å². The second-order valence-corrected chi connectivity index (χ2v) is 3.47. The highest BCUT2D eigenvalue weighted by Gasteiger charge is 2.00. The number of urea groups is 1. The Labute approximate surface area is 100 Å². The van der Waals surface area contributed by atoms with Crippen LogP contribution < -0.4 is 10.0 Å². The molecule has 0 fully saturated rings. The topological polar surface area (TPSA) is 59.0 Å². The molecule has 1 aromatic heterocycles. The van der Waals surface area contributed by atoms with Crippen molar-refractivity contribution in [1.82, 2.24) is 19.6 Å². The lowest BCUT2D eigenvalue weighted by molar-refractivity contribution is 0.246. The highest BCUT2D eigenvalue weighted by Crippen LogP contribution is 2.00. The van der Waals surface area contributed by atoms with Crippen LogP contribution in [0, 0.1) is 0 Å². The van der Waals surface area contributed by atoms with E-state index in [0.29, 0.717) is 6.54 Å². The van der Waals surface area contributed by atoms with Gasteiger partial charge in [0.2, 0.25) is 0 Å². The molecule has 2 amide bonds.